The van der Waals surface area contributed by atoms with E-state index >= 15 is 4.79 Å². The highest BCUT2D eigenvalue weighted by atomic mass is 35.5. The molecule has 1 aliphatic heterocycles. The number of carboxylic acids is 1. The van der Waals surface area contributed by atoms with E-state index in [2.05, 4.69) is 76.2 Å². The van der Waals surface area contributed by atoms with Crippen molar-refractivity contribution in [2.75, 3.05) is 6.61 Å². The maximum atomic E-state index is 15.0. The molecule has 8 heteroatoms. The van der Waals surface area contributed by atoms with Gasteiger partial charge >= 0.3 is 5.97 Å². The minimum atomic E-state index is -2.94. The van der Waals surface area contributed by atoms with Crippen molar-refractivity contribution in [2.24, 2.45) is 5.41 Å². The Morgan fingerprint density at radius 2 is 1.51 bits per heavy atom. The zero-order valence-electron chi connectivity index (χ0n) is 28.8. The predicted octanol–water partition coefficient (Wildman–Crippen LogP) is 9.05. The number of piperidine rings is 1. The van der Waals surface area contributed by atoms with E-state index < -0.39 is 19.7 Å². The molecular weight excluding hydrogens is 669 g/mol. The Kier molecular flexibility index (Phi) is 11.2. The van der Waals surface area contributed by atoms with Gasteiger partial charge in [-0.05, 0) is 70.6 Å². The largest absolute Gasteiger partial charge is 0.478 e. The molecule has 4 aromatic carbocycles. The lowest BCUT2D eigenvalue weighted by Gasteiger charge is -2.52. The highest BCUT2D eigenvalue weighted by Crippen LogP contribution is 2.52. The number of halogens is 2. The molecule has 4 atom stereocenters. The second kappa shape index (κ2) is 15.1. The Morgan fingerprint density at radius 3 is 2.02 bits per heavy atom. The van der Waals surface area contributed by atoms with Crippen LogP contribution in [-0.4, -0.2) is 42.8 Å². The Balaban J connectivity index is 1.69. The van der Waals surface area contributed by atoms with Crippen LogP contribution >= 0.6 is 23.2 Å². The van der Waals surface area contributed by atoms with Crippen molar-refractivity contribution >= 4 is 53.8 Å². The fourth-order valence-electron chi connectivity index (χ4n) is 7.53. The standard InChI is InChI=1S/C41H45Cl2NO4Si/c1-6-33(28-48-49(40(2,3)4,34-16-9-7-10-17-34)35-18-11-8-12-19-35)44-38(29-20-22-31(42)23-21-29)36(30-14-13-15-32(43)26-30)27-41(5,39(44)47)25-24-37(45)46/h7-26,33,36,38H,6,27-28H2,1-5H3,(H,45,46)/b25-24+/t33?,36-,38-,41+/m1/s1. The van der Waals surface area contributed by atoms with Crippen molar-refractivity contribution in [3.05, 3.63) is 143 Å². The monoisotopic (exact) mass is 713 g/mol. The summed E-state index contributed by atoms with van der Waals surface area (Å²) in [6.07, 6.45) is 3.66. The van der Waals surface area contributed by atoms with Gasteiger partial charge < -0.3 is 14.4 Å². The molecule has 0 aromatic heterocycles. The molecule has 0 bridgehead atoms. The lowest BCUT2D eigenvalue weighted by atomic mass is 9.68. The molecule has 5 rings (SSSR count). The summed E-state index contributed by atoms with van der Waals surface area (Å²) < 4.78 is 7.44. The number of rotatable bonds is 11. The molecule has 0 aliphatic carbocycles. The van der Waals surface area contributed by atoms with E-state index in [1.807, 2.05) is 72.5 Å². The number of carboxylic acid groups (broad SMARTS) is 1. The second-order valence-corrected chi connectivity index (χ2v) is 19.4. The molecule has 1 fully saturated rings. The molecule has 5 nitrogen and oxygen atoms in total. The molecule has 0 radical (unpaired) electrons. The summed E-state index contributed by atoms with van der Waals surface area (Å²) in [7, 11) is -2.94. The van der Waals surface area contributed by atoms with Crippen LogP contribution in [0.1, 0.15) is 70.5 Å². The number of aliphatic carboxylic acids is 1. The van der Waals surface area contributed by atoms with Gasteiger partial charge in [-0.25, -0.2) is 4.79 Å². The summed E-state index contributed by atoms with van der Waals surface area (Å²) in [5, 5.41) is 12.9. The van der Waals surface area contributed by atoms with Crippen molar-refractivity contribution in [2.45, 2.75) is 70.5 Å². The van der Waals surface area contributed by atoms with E-state index in [-0.39, 0.29) is 28.9 Å². The SMILES string of the molecule is CCC(CO[Si](c1ccccc1)(c1ccccc1)C(C)(C)C)N1C(=O)[C@@](C)(/C=C/C(=O)O)C[C@H](c2cccc(Cl)c2)[C@H]1c1ccc(Cl)cc1. The lowest BCUT2D eigenvalue weighted by Crippen LogP contribution is -2.67. The normalized spacial score (nSPS) is 20.8. The minimum Gasteiger partial charge on any atom is -0.478 e. The molecule has 1 unspecified atom stereocenters. The van der Waals surface area contributed by atoms with Crippen molar-refractivity contribution in [3.8, 4) is 0 Å². The molecule has 1 saturated heterocycles. The van der Waals surface area contributed by atoms with Gasteiger partial charge in [0.1, 0.15) is 0 Å². The number of nitrogens with zero attached hydrogens (tertiary/aromatic N) is 1. The smallest absolute Gasteiger partial charge is 0.328 e. The Hall–Kier alpha value is -3.68. The van der Waals surface area contributed by atoms with Gasteiger partial charge in [0.05, 0.1) is 24.1 Å². The fraction of sp³-hybridized carbons (Fsp3) is 0.317. The van der Waals surface area contributed by atoms with Crippen molar-refractivity contribution < 1.29 is 19.1 Å². The minimum absolute atomic E-state index is 0.138. The summed E-state index contributed by atoms with van der Waals surface area (Å²) in [4.78, 5) is 28.8. The molecule has 1 heterocycles. The molecule has 49 heavy (non-hydrogen) atoms. The van der Waals surface area contributed by atoms with Crippen LogP contribution in [0.2, 0.25) is 15.1 Å². The van der Waals surface area contributed by atoms with Gasteiger partial charge in [-0.15, -0.1) is 0 Å². The molecule has 0 saturated carbocycles. The van der Waals surface area contributed by atoms with Crippen LogP contribution in [-0.2, 0) is 14.0 Å². The number of benzene rings is 4. The predicted molar refractivity (Wildman–Crippen MR) is 202 cm³/mol. The first-order valence-electron chi connectivity index (χ1n) is 16.8. The Morgan fingerprint density at radius 1 is 0.918 bits per heavy atom. The maximum absolute atomic E-state index is 15.0. The van der Waals surface area contributed by atoms with Gasteiger partial charge in [0, 0.05) is 22.0 Å². The van der Waals surface area contributed by atoms with Crippen LogP contribution in [0.5, 0.6) is 0 Å². The number of hydrogen-bond acceptors (Lipinski definition) is 3. The second-order valence-electron chi connectivity index (χ2n) is 14.2. The first kappa shape index (κ1) is 36.6. The topological polar surface area (TPSA) is 66.8 Å². The number of carbonyl (C=O) groups is 2. The highest BCUT2D eigenvalue weighted by molar-refractivity contribution is 6.99. The van der Waals surface area contributed by atoms with Crippen LogP contribution in [0.4, 0.5) is 0 Å². The van der Waals surface area contributed by atoms with E-state index in [0.717, 1.165) is 27.6 Å². The zero-order chi connectivity index (χ0) is 35.4. The third-order valence-corrected chi connectivity index (χ3v) is 15.4. The summed E-state index contributed by atoms with van der Waals surface area (Å²) in [5.74, 6) is -1.44. The maximum Gasteiger partial charge on any atom is 0.328 e. The van der Waals surface area contributed by atoms with Gasteiger partial charge in [0.2, 0.25) is 5.91 Å². The number of hydrogen-bond donors (Lipinski definition) is 1. The third-order valence-electron chi connectivity index (χ3n) is 9.90. The molecule has 1 N–H and O–H groups in total. The number of carbonyl (C=O) groups excluding carboxylic acids is 1. The van der Waals surface area contributed by atoms with Gasteiger partial charge in [-0.1, -0.05) is 142 Å². The van der Waals surface area contributed by atoms with E-state index in [1.54, 1.807) is 6.08 Å². The Bertz CT molecular complexity index is 1740. The van der Waals surface area contributed by atoms with Gasteiger partial charge in [0.25, 0.3) is 8.32 Å². The van der Waals surface area contributed by atoms with Crippen molar-refractivity contribution in [1.29, 1.82) is 0 Å². The molecular formula is C41H45Cl2NO4Si. The quantitative estimate of drug-likeness (QED) is 0.124. The molecule has 1 amide bonds. The van der Waals surface area contributed by atoms with Crippen LogP contribution < -0.4 is 10.4 Å². The van der Waals surface area contributed by atoms with Crippen LogP contribution in [0, 0.1) is 5.41 Å². The average molecular weight is 715 g/mol. The highest BCUT2D eigenvalue weighted by Gasteiger charge is 2.53. The average Bonchev–Trinajstić information content (AvgIpc) is 3.08. The first-order chi connectivity index (χ1) is 23.3. The van der Waals surface area contributed by atoms with Crippen LogP contribution in [0.3, 0.4) is 0 Å². The molecule has 256 valence electrons. The van der Waals surface area contributed by atoms with E-state index in [9.17, 15) is 9.90 Å². The van der Waals surface area contributed by atoms with Crippen LogP contribution in [0.15, 0.2) is 121 Å². The first-order valence-corrected chi connectivity index (χ1v) is 19.5. The summed E-state index contributed by atoms with van der Waals surface area (Å²) >= 11 is 12.9. The van der Waals surface area contributed by atoms with Gasteiger partial charge in [-0.3, -0.25) is 4.79 Å². The van der Waals surface area contributed by atoms with Crippen LogP contribution in [0.25, 0.3) is 0 Å². The third kappa shape index (κ3) is 7.58. The summed E-state index contributed by atoms with van der Waals surface area (Å²) in [6.45, 7) is 10.9. The summed E-state index contributed by atoms with van der Waals surface area (Å²) in [6, 6.07) is 35.6. The Labute approximate surface area is 301 Å². The lowest BCUT2D eigenvalue weighted by molar-refractivity contribution is -0.152. The molecule has 1 aliphatic rings. The summed E-state index contributed by atoms with van der Waals surface area (Å²) in [5.41, 5.74) is 0.817. The number of likely N-dealkylation sites (tertiary alicyclic amines) is 1. The van der Waals surface area contributed by atoms with Gasteiger partial charge in [0.15, 0.2) is 0 Å². The fourth-order valence-corrected chi connectivity index (χ4v) is 12.4. The zero-order valence-corrected chi connectivity index (χ0v) is 31.3. The van der Waals surface area contributed by atoms with E-state index in [4.69, 9.17) is 27.6 Å². The molecule has 4 aromatic rings. The number of amides is 1. The van der Waals surface area contributed by atoms with Crippen molar-refractivity contribution in [3.63, 3.8) is 0 Å². The van der Waals surface area contributed by atoms with E-state index in [0.29, 0.717) is 29.5 Å². The van der Waals surface area contributed by atoms with E-state index in [1.165, 1.54) is 0 Å². The van der Waals surface area contributed by atoms with Gasteiger partial charge in [-0.2, -0.15) is 0 Å². The molecule has 0 spiro atoms. The van der Waals surface area contributed by atoms with Crippen molar-refractivity contribution in [1.82, 2.24) is 4.90 Å².